The van der Waals surface area contributed by atoms with E-state index in [2.05, 4.69) is 42.6 Å². The second kappa shape index (κ2) is 6.31. The lowest BCUT2D eigenvalue weighted by Crippen LogP contribution is -2.48. The molecule has 2 heterocycles. The zero-order chi connectivity index (χ0) is 12.1. The van der Waals surface area contributed by atoms with Crippen LogP contribution in [0.3, 0.4) is 0 Å². The Hall–Kier alpha value is -0.680. The summed E-state index contributed by atoms with van der Waals surface area (Å²) in [5.41, 5.74) is 0. The van der Waals surface area contributed by atoms with Gasteiger partial charge < -0.3 is 4.90 Å². The number of alkyl halides is 1. The summed E-state index contributed by atoms with van der Waals surface area (Å²) in [5.74, 6) is 1.58. The van der Waals surface area contributed by atoms with E-state index in [0.29, 0.717) is 0 Å². The molecule has 1 aromatic rings. The van der Waals surface area contributed by atoms with E-state index in [4.69, 9.17) is 0 Å². The normalized spacial score (nSPS) is 19.3. The van der Waals surface area contributed by atoms with Gasteiger partial charge in [0, 0.05) is 50.4 Å². The predicted octanol–water partition coefficient (Wildman–Crippen LogP) is 1.63. The lowest BCUT2D eigenvalue weighted by atomic mass is 10.2. The molecule has 0 aliphatic carbocycles. The summed E-state index contributed by atoms with van der Waals surface area (Å²) >= 11 is 3.53. The highest BCUT2D eigenvalue weighted by molar-refractivity contribution is 9.09. The molecule has 1 atom stereocenters. The number of rotatable bonds is 4. The summed E-state index contributed by atoms with van der Waals surface area (Å²) in [4.78, 5) is 13.4. The molecular weight excluding hydrogens is 280 g/mol. The Bertz CT molecular complexity index is 325. The fraction of sp³-hybridized carbons (Fsp3) is 0.667. The summed E-state index contributed by atoms with van der Waals surface area (Å²) in [6.45, 7) is 7.72. The van der Waals surface area contributed by atoms with Crippen molar-refractivity contribution in [3.8, 4) is 0 Å². The van der Waals surface area contributed by atoms with Crippen molar-refractivity contribution in [1.82, 2.24) is 14.9 Å². The summed E-state index contributed by atoms with van der Waals surface area (Å²) in [7, 11) is 0. The third kappa shape index (κ3) is 3.64. The largest absolute Gasteiger partial charge is 0.338 e. The fourth-order valence-corrected chi connectivity index (χ4v) is 2.28. The highest BCUT2D eigenvalue weighted by atomic mass is 79.9. The first-order valence-electron chi connectivity index (χ1n) is 6.10. The van der Waals surface area contributed by atoms with Gasteiger partial charge in [0.15, 0.2) is 0 Å². The molecule has 1 aromatic heterocycles. The van der Waals surface area contributed by atoms with Crippen LogP contribution in [0, 0.1) is 5.92 Å². The monoisotopic (exact) mass is 298 g/mol. The van der Waals surface area contributed by atoms with Gasteiger partial charge in [-0.05, 0) is 12.0 Å². The Kier molecular flexibility index (Phi) is 4.74. The standard InChI is InChI=1S/C12H19BrN4/c1-11(9-13)10-16-5-7-17(8-6-16)12-14-3-2-4-15-12/h2-4,11H,5-10H2,1H3. The van der Waals surface area contributed by atoms with Crippen LogP contribution >= 0.6 is 15.9 Å². The van der Waals surface area contributed by atoms with Gasteiger partial charge in [0.1, 0.15) is 0 Å². The Morgan fingerprint density at radius 2 is 1.88 bits per heavy atom. The minimum atomic E-state index is 0.717. The van der Waals surface area contributed by atoms with Gasteiger partial charge in [0.05, 0.1) is 0 Å². The number of hydrogen-bond donors (Lipinski definition) is 0. The van der Waals surface area contributed by atoms with Crippen LogP contribution in [0.2, 0.25) is 0 Å². The second-order valence-electron chi connectivity index (χ2n) is 4.60. The quantitative estimate of drug-likeness (QED) is 0.791. The number of anilines is 1. The second-order valence-corrected chi connectivity index (χ2v) is 5.24. The van der Waals surface area contributed by atoms with Gasteiger partial charge in [0.2, 0.25) is 5.95 Å². The first kappa shape index (κ1) is 12.8. The number of nitrogens with zero attached hydrogens (tertiary/aromatic N) is 4. The van der Waals surface area contributed by atoms with Crippen molar-refractivity contribution in [3.05, 3.63) is 18.5 Å². The Morgan fingerprint density at radius 1 is 1.24 bits per heavy atom. The SMILES string of the molecule is CC(CBr)CN1CCN(c2ncccn2)CC1. The molecule has 1 aliphatic rings. The van der Waals surface area contributed by atoms with Gasteiger partial charge in [-0.15, -0.1) is 0 Å². The van der Waals surface area contributed by atoms with Crippen molar-refractivity contribution < 1.29 is 0 Å². The maximum atomic E-state index is 4.29. The maximum absolute atomic E-state index is 4.29. The van der Waals surface area contributed by atoms with Crippen LogP contribution in [0.4, 0.5) is 5.95 Å². The average Bonchev–Trinajstić information content (AvgIpc) is 2.40. The maximum Gasteiger partial charge on any atom is 0.225 e. The molecule has 1 fully saturated rings. The number of aromatic nitrogens is 2. The topological polar surface area (TPSA) is 32.3 Å². The van der Waals surface area contributed by atoms with Gasteiger partial charge in [-0.25, -0.2) is 9.97 Å². The van der Waals surface area contributed by atoms with Gasteiger partial charge in [-0.3, -0.25) is 4.90 Å². The summed E-state index contributed by atoms with van der Waals surface area (Å²) in [5, 5.41) is 1.08. The zero-order valence-corrected chi connectivity index (χ0v) is 11.8. The van der Waals surface area contributed by atoms with Crippen molar-refractivity contribution in [2.24, 2.45) is 5.92 Å². The lowest BCUT2D eigenvalue weighted by Gasteiger charge is -2.35. The molecule has 5 heteroatoms. The van der Waals surface area contributed by atoms with Gasteiger partial charge >= 0.3 is 0 Å². The van der Waals surface area contributed by atoms with E-state index < -0.39 is 0 Å². The third-order valence-electron chi connectivity index (χ3n) is 3.04. The van der Waals surface area contributed by atoms with Crippen LogP contribution < -0.4 is 4.90 Å². The van der Waals surface area contributed by atoms with Gasteiger partial charge in [-0.1, -0.05) is 22.9 Å². The van der Waals surface area contributed by atoms with Crippen LogP contribution in [-0.2, 0) is 0 Å². The van der Waals surface area contributed by atoms with Crippen molar-refractivity contribution in [3.63, 3.8) is 0 Å². The summed E-state index contributed by atoms with van der Waals surface area (Å²) in [6, 6.07) is 1.86. The van der Waals surface area contributed by atoms with Crippen LogP contribution in [0.5, 0.6) is 0 Å². The van der Waals surface area contributed by atoms with Crippen molar-refractivity contribution in [2.75, 3.05) is 43.0 Å². The Balaban J connectivity index is 1.82. The minimum Gasteiger partial charge on any atom is -0.338 e. The molecule has 0 spiro atoms. The molecule has 0 radical (unpaired) electrons. The smallest absolute Gasteiger partial charge is 0.225 e. The van der Waals surface area contributed by atoms with E-state index in [-0.39, 0.29) is 0 Å². The van der Waals surface area contributed by atoms with Crippen LogP contribution in [0.25, 0.3) is 0 Å². The van der Waals surface area contributed by atoms with Crippen LogP contribution in [-0.4, -0.2) is 52.9 Å². The highest BCUT2D eigenvalue weighted by Crippen LogP contribution is 2.11. The highest BCUT2D eigenvalue weighted by Gasteiger charge is 2.19. The van der Waals surface area contributed by atoms with E-state index in [1.165, 1.54) is 6.54 Å². The average molecular weight is 299 g/mol. The molecule has 0 amide bonds. The first-order chi connectivity index (χ1) is 8.29. The Labute approximate surface area is 111 Å². The molecule has 4 nitrogen and oxygen atoms in total. The molecule has 0 N–H and O–H groups in total. The van der Waals surface area contributed by atoms with E-state index in [1.807, 2.05) is 18.5 Å². The molecule has 0 saturated carbocycles. The fourth-order valence-electron chi connectivity index (χ4n) is 2.07. The summed E-state index contributed by atoms with van der Waals surface area (Å²) < 4.78 is 0. The van der Waals surface area contributed by atoms with Crippen LogP contribution in [0.1, 0.15) is 6.92 Å². The molecule has 1 saturated heterocycles. The number of hydrogen-bond acceptors (Lipinski definition) is 4. The van der Waals surface area contributed by atoms with E-state index in [9.17, 15) is 0 Å². The molecule has 2 rings (SSSR count). The molecule has 94 valence electrons. The number of piperazine rings is 1. The molecule has 0 bridgehead atoms. The van der Waals surface area contributed by atoms with Gasteiger partial charge in [0.25, 0.3) is 0 Å². The van der Waals surface area contributed by atoms with Crippen molar-refractivity contribution in [1.29, 1.82) is 0 Å². The van der Waals surface area contributed by atoms with Crippen molar-refractivity contribution in [2.45, 2.75) is 6.92 Å². The zero-order valence-electron chi connectivity index (χ0n) is 10.2. The minimum absolute atomic E-state index is 0.717. The predicted molar refractivity (Wildman–Crippen MR) is 73.6 cm³/mol. The van der Waals surface area contributed by atoms with Gasteiger partial charge in [-0.2, -0.15) is 0 Å². The summed E-state index contributed by atoms with van der Waals surface area (Å²) in [6.07, 6.45) is 3.61. The van der Waals surface area contributed by atoms with Crippen LogP contribution in [0.15, 0.2) is 18.5 Å². The third-order valence-corrected chi connectivity index (χ3v) is 4.15. The molecule has 0 aromatic carbocycles. The van der Waals surface area contributed by atoms with E-state index in [0.717, 1.165) is 43.4 Å². The van der Waals surface area contributed by atoms with E-state index >= 15 is 0 Å². The molecule has 1 unspecified atom stereocenters. The molecule has 1 aliphatic heterocycles. The van der Waals surface area contributed by atoms with E-state index in [1.54, 1.807) is 0 Å². The van der Waals surface area contributed by atoms with Crippen molar-refractivity contribution >= 4 is 21.9 Å². The molecule has 17 heavy (non-hydrogen) atoms. The Morgan fingerprint density at radius 3 is 2.47 bits per heavy atom. The lowest BCUT2D eigenvalue weighted by molar-refractivity contribution is 0.232. The first-order valence-corrected chi connectivity index (χ1v) is 7.22. The number of halogens is 1. The molecular formula is C12H19BrN4.